The fourth-order valence-electron chi connectivity index (χ4n) is 3.37. The summed E-state index contributed by atoms with van der Waals surface area (Å²) in [6.45, 7) is 1.91. The van der Waals surface area contributed by atoms with Crippen molar-refractivity contribution < 1.29 is 25.2 Å². The first-order chi connectivity index (χ1) is 11.0. The lowest BCUT2D eigenvalue weighted by molar-refractivity contribution is -0.305. The Kier molecular flexibility index (Phi) is 9.44. The second kappa shape index (κ2) is 10.8. The molecule has 0 saturated heterocycles. The van der Waals surface area contributed by atoms with Gasteiger partial charge in [0.05, 0.1) is 18.3 Å². The molecule has 0 spiro atoms. The zero-order chi connectivity index (χ0) is 17.2. The molecule has 0 aromatic rings. The van der Waals surface area contributed by atoms with Crippen LogP contribution in [0.2, 0.25) is 0 Å². The molecular formula is C18H31O5-. The van der Waals surface area contributed by atoms with Crippen LogP contribution >= 0.6 is 0 Å². The molecule has 5 atom stereocenters. The Labute approximate surface area is 139 Å². The average Bonchev–Trinajstić information content (AvgIpc) is 2.80. The summed E-state index contributed by atoms with van der Waals surface area (Å²) in [6.07, 6.45) is 8.74. The monoisotopic (exact) mass is 327 g/mol. The second-order valence-electron chi connectivity index (χ2n) is 6.62. The lowest BCUT2D eigenvalue weighted by atomic mass is 9.88. The molecule has 0 amide bonds. The van der Waals surface area contributed by atoms with Gasteiger partial charge in [0, 0.05) is 11.9 Å². The number of hydrogen-bond acceptors (Lipinski definition) is 5. The van der Waals surface area contributed by atoms with E-state index in [-0.39, 0.29) is 18.3 Å². The summed E-state index contributed by atoms with van der Waals surface area (Å²) < 4.78 is 0. The maximum atomic E-state index is 10.3. The Morgan fingerprint density at radius 1 is 1.22 bits per heavy atom. The summed E-state index contributed by atoms with van der Waals surface area (Å²) in [6, 6.07) is 0. The third-order valence-electron chi connectivity index (χ3n) is 4.82. The smallest absolute Gasteiger partial charge is 0.0865 e. The number of hydrogen-bond donors (Lipinski definition) is 3. The molecule has 1 saturated carbocycles. The Hall–Kier alpha value is -0.910. The second-order valence-corrected chi connectivity index (χ2v) is 6.62. The van der Waals surface area contributed by atoms with Crippen molar-refractivity contribution in [2.75, 3.05) is 0 Å². The quantitative estimate of drug-likeness (QED) is 0.390. The van der Waals surface area contributed by atoms with Crippen LogP contribution < -0.4 is 5.11 Å². The lowest BCUT2D eigenvalue weighted by Gasteiger charge is -2.22. The third kappa shape index (κ3) is 7.02. The van der Waals surface area contributed by atoms with Gasteiger partial charge in [-0.05, 0) is 44.4 Å². The van der Waals surface area contributed by atoms with Gasteiger partial charge in [-0.25, -0.2) is 0 Å². The highest BCUT2D eigenvalue weighted by atomic mass is 16.4. The standard InChI is InChI=1S/C18H32O5/c1-2-15(19)14-12-16(20)18(23)13(14)10-8-6-4-3-5-7-9-11-17(21)22/h8,10,13-16,18-20,23H,2-7,9,11-12H2,1H3,(H,21,22)/p-1/b10-8-/t13-,14+,15-,16+,18+/m0/s1. The van der Waals surface area contributed by atoms with Gasteiger partial charge in [0.1, 0.15) is 0 Å². The van der Waals surface area contributed by atoms with Crippen molar-refractivity contribution in [2.24, 2.45) is 11.8 Å². The molecule has 1 rings (SSSR count). The summed E-state index contributed by atoms with van der Waals surface area (Å²) in [7, 11) is 0. The van der Waals surface area contributed by atoms with E-state index in [1.165, 1.54) is 0 Å². The zero-order valence-electron chi connectivity index (χ0n) is 14.1. The normalized spacial score (nSPS) is 29.2. The van der Waals surface area contributed by atoms with Crippen LogP contribution in [0.15, 0.2) is 12.2 Å². The van der Waals surface area contributed by atoms with E-state index in [0.29, 0.717) is 19.3 Å². The minimum Gasteiger partial charge on any atom is -0.550 e. The van der Waals surface area contributed by atoms with Crippen LogP contribution in [-0.2, 0) is 4.79 Å². The van der Waals surface area contributed by atoms with Gasteiger partial charge in [-0.1, -0.05) is 38.3 Å². The molecule has 0 unspecified atom stereocenters. The predicted octanol–water partition coefficient (Wildman–Crippen LogP) is 1.15. The van der Waals surface area contributed by atoms with Crippen molar-refractivity contribution in [3.63, 3.8) is 0 Å². The number of carbonyl (C=O) groups is 1. The number of carbonyl (C=O) groups excluding carboxylic acids is 1. The van der Waals surface area contributed by atoms with Crippen LogP contribution in [0.4, 0.5) is 0 Å². The molecule has 0 aliphatic heterocycles. The molecule has 1 fully saturated rings. The highest BCUT2D eigenvalue weighted by molar-refractivity contribution is 5.63. The molecule has 5 nitrogen and oxygen atoms in total. The largest absolute Gasteiger partial charge is 0.550 e. The van der Waals surface area contributed by atoms with E-state index >= 15 is 0 Å². The van der Waals surface area contributed by atoms with E-state index in [2.05, 4.69) is 0 Å². The Morgan fingerprint density at radius 3 is 2.52 bits per heavy atom. The molecule has 1 aliphatic rings. The fourth-order valence-corrected chi connectivity index (χ4v) is 3.37. The SMILES string of the molecule is CC[C@H](O)[C@@H]1C[C@@H](O)[C@H](O)[C@H]1/C=C\CCCCCCCC(=O)[O-]. The number of aliphatic carboxylic acids is 1. The van der Waals surface area contributed by atoms with Crippen molar-refractivity contribution in [3.8, 4) is 0 Å². The maximum Gasteiger partial charge on any atom is 0.0865 e. The summed E-state index contributed by atoms with van der Waals surface area (Å²) in [4.78, 5) is 10.3. The summed E-state index contributed by atoms with van der Waals surface area (Å²) in [5, 5.41) is 40.1. The summed E-state index contributed by atoms with van der Waals surface area (Å²) >= 11 is 0. The van der Waals surface area contributed by atoms with Gasteiger partial charge in [0.15, 0.2) is 0 Å². The number of allylic oxidation sites excluding steroid dienone is 1. The van der Waals surface area contributed by atoms with Crippen LogP contribution in [-0.4, -0.2) is 39.6 Å². The summed E-state index contributed by atoms with van der Waals surface area (Å²) in [5.41, 5.74) is 0. The first-order valence-corrected chi connectivity index (χ1v) is 8.88. The van der Waals surface area contributed by atoms with E-state index in [0.717, 1.165) is 32.1 Å². The van der Waals surface area contributed by atoms with Gasteiger partial charge in [-0.2, -0.15) is 0 Å². The predicted molar refractivity (Wildman–Crippen MR) is 86.4 cm³/mol. The van der Waals surface area contributed by atoms with E-state index < -0.39 is 24.3 Å². The number of aliphatic hydroxyl groups excluding tert-OH is 3. The Morgan fingerprint density at radius 2 is 1.87 bits per heavy atom. The number of carboxylic acid groups (broad SMARTS) is 1. The Bertz CT molecular complexity index is 368. The van der Waals surface area contributed by atoms with Crippen molar-refractivity contribution in [1.29, 1.82) is 0 Å². The van der Waals surface area contributed by atoms with E-state index in [1.54, 1.807) is 0 Å². The molecule has 0 radical (unpaired) electrons. The van der Waals surface area contributed by atoms with E-state index in [4.69, 9.17) is 0 Å². The third-order valence-corrected chi connectivity index (χ3v) is 4.82. The molecule has 3 N–H and O–H groups in total. The van der Waals surface area contributed by atoms with Crippen LogP contribution in [0, 0.1) is 11.8 Å². The molecule has 0 bridgehead atoms. The molecule has 0 aromatic carbocycles. The Balaban J connectivity index is 2.23. The van der Waals surface area contributed by atoms with Gasteiger partial charge in [0.2, 0.25) is 0 Å². The fraction of sp³-hybridized carbons (Fsp3) is 0.833. The van der Waals surface area contributed by atoms with Crippen LogP contribution in [0.25, 0.3) is 0 Å². The number of aliphatic hydroxyl groups is 3. The number of unbranched alkanes of at least 4 members (excludes halogenated alkanes) is 5. The molecule has 1 aliphatic carbocycles. The highest BCUT2D eigenvalue weighted by Gasteiger charge is 2.42. The van der Waals surface area contributed by atoms with Gasteiger partial charge in [0.25, 0.3) is 0 Å². The molecule has 0 heterocycles. The van der Waals surface area contributed by atoms with Crippen molar-refractivity contribution in [2.45, 2.75) is 83.0 Å². The van der Waals surface area contributed by atoms with Crippen LogP contribution in [0.5, 0.6) is 0 Å². The van der Waals surface area contributed by atoms with E-state index in [1.807, 2.05) is 19.1 Å². The highest BCUT2D eigenvalue weighted by Crippen LogP contribution is 2.36. The average molecular weight is 327 g/mol. The molecule has 0 aromatic heterocycles. The first-order valence-electron chi connectivity index (χ1n) is 8.88. The van der Waals surface area contributed by atoms with Crippen LogP contribution in [0.3, 0.4) is 0 Å². The minimum atomic E-state index is -0.978. The maximum absolute atomic E-state index is 10.3. The first kappa shape index (κ1) is 20.1. The number of carboxylic acids is 1. The van der Waals surface area contributed by atoms with Crippen molar-refractivity contribution >= 4 is 5.97 Å². The van der Waals surface area contributed by atoms with Gasteiger partial charge >= 0.3 is 0 Å². The molecule has 5 heteroatoms. The van der Waals surface area contributed by atoms with Gasteiger partial charge in [-0.15, -0.1) is 0 Å². The lowest BCUT2D eigenvalue weighted by Crippen LogP contribution is -2.28. The van der Waals surface area contributed by atoms with Crippen LogP contribution in [0.1, 0.15) is 64.7 Å². The molecule has 23 heavy (non-hydrogen) atoms. The van der Waals surface area contributed by atoms with Crippen molar-refractivity contribution in [3.05, 3.63) is 12.2 Å². The zero-order valence-corrected chi connectivity index (χ0v) is 14.1. The summed E-state index contributed by atoms with van der Waals surface area (Å²) in [5.74, 6) is -1.23. The number of rotatable bonds is 11. The van der Waals surface area contributed by atoms with Gasteiger partial charge < -0.3 is 25.2 Å². The molecule has 134 valence electrons. The minimum absolute atomic E-state index is 0.0779. The molecular weight excluding hydrogens is 296 g/mol. The topological polar surface area (TPSA) is 101 Å². The van der Waals surface area contributed by atoms with Crippen molar-refractivity contribution in [1.82, 2.24) is 0 Å². The van der Waals surface area contributed by atoms with Gasteiger partial charge in [-0.3, -0.25) is 0 Å². The van der Waals surface area contributed by atoms with E-state index in [9.17, 15) is 25.2 Å².